The zero-order valence-electron chi connectivity index (χ0n) is 20.1. The second-order valence-corrected chi connectivity index (χ2v) is 7.81. The van der Waals surface area contributed by atoms with Gasteiger partial charge in [0, 0.05) is 31.5 Å². The summed E-state index contributed by atoms with van der Waals surface area (Å²) >= 11 is 0. The number of nitrogens with one attached hydrogen (secondary N) is 1. The summed E-state index contributed by atoms with van der Waals surface area (Å²) < 4.78 is 40.7. The molecule has 0 bridgehead atoms. The Morgan fingerprint density at radius 3 is 2.57 bits per heavy atom. The topological polar surface area (TPSA) is 127 Å². The molecule has 196 valence electrons. The van der Waals surface area contributed by atoms with Crippen LogP contribution in [0.25, 0.3) is 22.7 Å². The van der Waals surface area contributed by atoms with Crippen LogP contribution in [0.2, 0.25) is 0 Å². The van der Waals surface area contributed by atoms with Crippen LogP contribution in [0, 0.1) is 0 Å². The molecule has 1 aromatic carbocycles. The van der Waals surface area contributed by atoms with Crippen molar-refractivity contribution in [3.8, 4) is 23.0 Å². The molecule has 14 heteroatoms. The number of hydrogen-bond donors (Lipinski definition) is 2. The van der Waals surface area contributed by atoms with Gasteiger partial charge in [-0.25, -0.2) is 14.5 Å². The number of imidazole rings is 1. The quantitative estimate of drug-likeness (QED) is 0.382. The van der Waals surface area contributed by atoms with Crippen LogP contribution in [-0.4, -0.2) is 86.5 Å². The minimum atomic E-state index is -5.08. The predicted octanol–water partition coefficient (Wildman–Crippen LogP) is 2.52. The highest BCUT2D eigenvalue weighted by Crippen LogP contribution is 2.26. The number of ether oxygens (including phenoxy) is 1. The Morgan fingerprint density at radius 2 is 1.92 bits per heavy atom. The average Bonchev–Trinajstić information content (AvgIpc) is 3.48. The first-order valence-corrected chi connectivity index (χ1v) is 10.8. The first kappa shape index (κ1) is 27.1. The maximum Gasteiger partial charge on any atom is 0.490 e. The highest BCUT2D eigenvalue weighted by Gasteiger charge is 2.38. The number of alkyl halides is 3. The van der Waals surface area contributed by atoms with E-state index in [2.05, 4.69) is 20.4 Å². The Morgan fingerprint density at radius 1 is 1.19 bits per heavy atom. The molecule has 0 saturated carbocycles. The fourth-order valence-corrected chi connectivity index (χ4v) is 3.18. The predicted molar refractivity (Wildman–Crippen MR) is 127 cm³/mol. The van der Waals surface area contributed by atoms with E-state index in [4.69, 9.17) is 14.6 Å². The zero-order valence-corrected chi connectivity index (χ0v) is 20.1. The molecule has 0 atom stereocenters. The molecule has 3 heterocycles. The Bertz CT molecular complexity index is 1380. The number of amides is 1. The molecule has 0 aliphatic carbocycles. The molecular formula is C23H24F3N7O4. The maximum atomic E-state index is 12.8. The van der Waals surface area contributed by atoms with Gasteiger partial charge in [-0.15, -0.1) is 0 Å². The highest BCUT2D eigenvalue weighted by molar-refractivity contribution is 5.99. The molecule has 2 N–H and O–H groups in total. The van der Waals surface area contributed by atoms with Crippen molar-refractivity contribution in [3.63, 3.8) is 0 Å². The van der Waals surface area contributed by atoms with Crippen molar-refractivity contribution in [2.45, 2.75) is 6.18 Å². The normalized spacial score (nSPS) is 11.2. The van der Waals surface area contributed by atoms with Crippen LogP contribution >= 0.6 is 0 Å². The number of carbonyl (C=O) groups excluding carboxylic acids is 1. The lowest BCUT2D eigenvalue weighted by Gasteiger charge is -2.09. The van der Waals surface area contributed by atoms with Gasteiger partial charge in [0.25, 0.3) is 5.91 Å². The number of aliphatic carboxylic acids is 1. The largest absolute Gasteiger partial charge is 0.497 e. The second kappa shape index (κ2) is 11.5. The van der Waals surface area contributed by atoms with E-state index in [1.807, 2.05) is 53.7 Å². The number of likely N-dealkylation sites (N-methyl/N-ethyl adjacent to an activating group) is 1. The van der Waals surface area contributed by atoms with Crippen molar-refractivity contribution >= 4 is 17.4 Å². The van der Waals surface area contributed by atoms with Crippen molar-refractivity contribution in [1.29, 1.82) is 0 Å². The van der Waals surface area contributed by atoms with Gasteiger partial charge < -0.3 is 20.1 Å². The number of aromatic nitrogens is 5. The van der Waals surface area contributed by atoms with Gasteiger partial charge in [-0.1, -0.05) is 6.07 Å². The van der Waals surface area contributed by atoms with Crippen LogP contribution in [0.3, 0.4) is 0 Å². The minimum Gasteiger partial charge on any atom is -0.497 e. The molecule has 11 nitrogen and oxygen atoms in total. The van der Waals surface area contributed by atoms with Crippen molar-refractivity contribution in [2.75, 3.05) is 34.3 Å². The number of carbonyl (C=O) groups is 2. The van der Waals surface area contributed by atoms with E-state index in [9.17, 15) is 18.0 Å². The van der Waals surface area contributed by atoms with Crippen molar-refractivity contribution in [1.82, 2.24) is 34.4 Å². The van der Waals surface area contributed by atoms with Gasteiger partial charge in [-0.05, 0) is 32.3 Å². The number of nitrogens with zero attached hydrogens (tertiary/aromatic N) is 6. The Labute approximate surface area is 209 Å². The van der Waals surface area contributed by atoms with E-state index in [1.165, 1.54) is 0 Å². The van der Waals surface area contributed by atoms with Crippen LogP contribution in [0.15, 0.2) is 55.1 Å². The van der Waals surface area contributed by atoms with E-state index in [-0.39, 0.29) is 5.91 Å². The molecule has 0 radical (unpaired) electrons. The fourth-order valence-electron chi connectivity index (χ4n) is 3.18. The van der Waals surface area contributed by atoms with Crippen LogP contribution < -0.4 is 10.1 Å². The van der Waals surface area contributed by atoms with E-state index in [0.29, 0.717) is 23.6 Å². The van der Waals surface area contributed by atoms with Gasteiger partial charge >= 0.3 is 12.1 Å². The molecule has 4 rings (SSSR count). The third kappa shape index (κ3) is 6.61. The molecule has 37 heavy (non-hydrogen) atoms. The summed E-state index contributed by atoms with van der Waals surface area (Å²) in [5.41, 5.74) is 2.54. The lowest BCUT2D eigenvalue weighted by Crippen LogP contribution is -2.31. The molecule has 0 fully saturated rings. The van der Waals surface area contributed by atoms with Gasteiger partial charge in [-0.2, -0.15) is 18.3 Å². The van der Waals surface area contributed by atoms with Crippen molar-refractivity contribution in [2.24, 2.45) is 0 Å². The highest BCUT2D eigenvalue weighted by atomic mass is 19.4. The molecule has 0 aliphatic heterocycles. The Hall–Kier alpha value is -4.46. The lowest BCUT2D eigenvalue weighted by atomic mass is 10.3. The fraction of sp³-hybridized carbons (Fsp3) is 0.261. The first-order chi connectivity index (χ1) is 17.5. The average molecular weight is 519 g/mol. The monoisotopic (exact) mass is 519 g/mol. The molecule has 4 aromatic rings. The molecule has 0 saturated heterocycles. The number of halogens is 3. The standard InChI is InChI=1S/C21H23N7O2.C2HF3O2/c1-26(2)11-10-23-21(29)19-18-14-22-9-12-27(18)20(25-19)17-7-8-24-28(17)15-5-4-6-16(13-15)30-3;3-2(4,5)1(6)7/h4-9,12-14H,10-11H2,1-3H3,(H,23,29);(H,6,7). The van der Waals surface area contributed by atoms with E-state index in [1.54, 1.807) is 36.6 Å². The number of carboxylic acid groups (broad SMARTS) is 1. The summed E-state index contributed by atoms with van der Waals surface area (Å²) in [6.07, 6.45) is 1.72. The summed E-state index contributed by atoms with van der Waals surface area (Å²) in [6.45, 7) is 1.27. The van der Waals surface area contributed by atoms with Crippen LogP contribution in [0.5, 0.6) is 5.75 Å². The third-order valence-electron chi connectivity index (χ3n) is 4.92. The van der Waals surface area contributed by atoms with E-state index in [0.717, 1.165) is 23.7 Å². The van der Waals surface area contributed by atoms with Gasteiger partial charge in [0.2, 0.25) is 0 Å². The number of carboxylic acids is 1. The van der Waals surface area contributed by atoms with Crippen LogP contribution in [0.4, 0.5) is 13.2 Å². The minimum absolute atomic E-state index is 0.235. The molecule has 0 spiro atoms. The SMILES string of the molecule is COc1cccc(-n2nccc2-c2nc(C(=O)NCCN(C)C)c3cnccn23)c1.O=C(O)C(F)(F)F. The summed E-state index contributed by atoms with van der Waals surface area (Å²) in [4.78, 5) is 32.5. The third-order valence-corrected chi connectivity index (χ3v) is 4.92. The number of hydrogen-bond acceptors (Lipinski definition) is 7. The van der Waals surface area contributed by atoms with Gasteiger partial charge in [0.1, 0.15) is 11.4 Å². The zero-order chi connectivity index (χ0) is 27.2. The van der Waals surface area contributed by atoms with E-state index >= 15 is 0 Å². The molecule has 1 amide bonds. The molecular weight excluding hydrogens is 495 g/mol. The molecule has 3 aromatic heterocycles. The summed E-state index contributed by atoms with van der Waals surface area (Å²) in [5.74, 6) is -1.66. The van der Waals surface area contributed by atoms with Crippen molar-refractivity contribution < 1.29 is 32.6 Å². The van der Waals surface area contributed by atoms with Gasteiger partial charge in [-0.3, -0.25) is 14.2 Å². The first-order valence-electron chi connectivity index (χ1n) is 10.8. The van der Waals surface area contributed by atoms with Crippen molar-refractivity contribution in [3.05, 3.63) is 60.8 Å². The smallest absolute Gasteiger partial charge is 0.490 e. The summed E-state index contributed by atoms with van der Waals surface area (Å²) in [5, 5.41) is 14.5. The Kier molecular flexibility index (Phi) is 8.45. The van der Waals surface area contributed by atoms with Gasteiger partial charge in [0.15, 0.2) is 11.5 Å². The number of methoxy groups -OCH3 is 1. The number of benzene rings is 1. The number of rotatable bonds is 7. The second-order valence-electron chi connectivity index (χ2n) is 7.81. The van der Waals surface area contributed by atoms with Gasteiger partial charge in [0.05, 0.1) is 30.7 Å². The molecule has 0 aliphatic rings. The van der Waals surface area contributed by atoms with Crippen LogP contribution in [0.1, 0.15) is 10.5 Å². The summed E-state index contributed by atoms with van der Waals surface area (Å²) in [7, 11) is 5.54. The molecule has 0 unspecified atom stereocenters. The van der Waals surface area contributed by atoms with E-state index < -0.39 is 12.1 Å². The Balaban J connectivity index is 0.000000479. The summed E-state index contributed by atoms with van der Waals surface area (Å²) in [6, 6.07) is 9.46. The maximum absolute atomic E-state index is 12.8. The van der Waals surface area contributed by atoms with Crippen LogP contribution in [-0.2, 0) is 4.79 Å². The number of fused-ring (bicyclic) bond motifs is 1. The lowest BCUT2D eigenvalue weighted by molar-refractivity contribution is -0.192.